The van der Waals surface area contributed by atoms with E-state index in [1.165, 1.54) is 24.3 Å². The second-order valence-electron chi connectivity index (χ2n) is 5.20. The van der Waals surface area contributed by atoms with E-state index in [9.17, 15) is 30.4 Å². The Kier molecular flexibility index (Phi) is 5.56. The quantitative estimate of drug-likeness (QED) is 0.584. The van der Waals surface area contributed by atoms with E-state index in [2.05, 4.69) is 0 Å². The first kappa shape index (κ1) is 17.5. The standard InChI is InChI=1S/C16H16N2O6/c19-15-7-3-1-5-11(15)13(17(21)22)9-10-14(18(23)24)12-6-2-4-8-16(12)20/h1-8,15-16,19-20H,9-10H2/b13-11-,14-12-. The molecule has 2 aliphatic carbocycles. The van der Waals surface area contributed by atoms with E-state index in [4.69, 9.17) is 0 Å². The van der Waals surface area contributed by atoms with Gasteiger partial charge in [0.15, 0.2) is 0 Å². The highest BCUT2D eigenvalue weighted by molar-refractivity contribution is 5.38. The summed E-state index contributed by atoms with van der Waals surface area (Å²) in [5.74, 6) is 0. The molecule has 2 atom stereocenters. The highest BCUT2D eigenvalue weighted by Gasteiger charge is 2.27. The molecule has 8 heteroatoms. The second kappa shape index (κ2) is 7.62. The molecule has 2 N–H and O–H groups in total. The van der Waals surface area contributed by atoms with Crippen LogP contribution in [0.2, 0.25) is 0 Å². The van der Waals surface area contributed by atoms with Crippen molar-refractivity contribution in [2.75, 3.05) is 0 Å². The van der Waals surface area contributed by atoms with Crippen molar-refractivity contribution < 1.29 is 20.1 Å². The third kappa shape index (κ3) is 3.92. The Morgan fingerprint density at radius 1 is 0.833 bits per heavy atom. The summed E-state index contributed by atoms with van der Waals surface area (Å²) in [6.07, 6.45) is 9.14. The molecule has 0 spiro atoms. The SMILES string of the molecule is O=[N+]([O-])/C(CC/C(=C1\C=CC=CC1O)[N+](=O)[O-])=C1/C=CC=CC1O. The van der Waals surface area contributed by atoms with Crippen LogP contribution in [0.4, 0.5) is 0 Å². The van der Waals surface area contributed by atoms with Gasteiger partial charge in [-0.25, -0.2) is 0 Å². The van der Waals surface area contributed by atoms with Crippen LogP contribution in [0, 0.1) is 20.2 Å². The number of aliphatic hydroxyl groups is 2. The summed E-state index contributed by atoms with van der Waals surface area (Å²) in [6.45, 7) is 0. The van der Waals surface area contributed by atoms with Crippen LogP contribution in [-0.2, 0) is 0 Å². The average molecular weight is 332 g/mol. The molecule has 0 heterocycles. The predicted molar refractivity (Wildman–Crippen MR) is 85.8 cm³/mol. The van der Waals surface area contributed by atoms with Crippen LogP contribution in [0.5, 0.6) is 0 Å². The number of hydrogen-bond donors (Lipinski definition) is 2. The fourth-order valence-corrected chi connectivity index (χ4v) is 2.51. The summed E-state index contributed by atoms with van der Waals surface area (Å²) in [4.78, 5) is 21.3. The van der Waals surface area contributed by atoms with Crippen LogP contribution < -0.4 is 0 Å². The summed E-state index contributed by atoms with van der Waals surface area (Å²) < 4.78 is 0. The van der Waals surface area contributed by atoms with Crippen molar-refractivity contribution in [3.63, 3.8) is 0 Å². The zero-order valence-electron chi connectivity index (χ0n) is 12.6. The maximum absolute atomic E-state index is 11.3. The van der Waals surface area contributed by atoms with Crippen molar-refractivity contribution in [1.82, 2.24) is 0 Å². The number of hydrogen-bond acceptors (Lipinski definition) is 6. The summed E-state index contributed by atoms with van der Waals surface area (Å²) in [7, 11) is 0. The Bertz CT molecular complexity index is 665. The van der Waals surface area contributed by atoms with Gasteiger partial charge in [-0.3, -0.25) is 20.2 Å². The molecule has 0 aromatic carbocycles. The Hall–Kier alpha value is -2.84. The smallest absolute Gasteiger partial charge is 0.252 e. The van der Waals surface area contributed by atoms with Crippen molar-refractivity contribution in [2.24, 2.45) is 0 Å². The van der Waals surface area contributed by atoms with Gasteiger partial charge in [-0.05, 0) is 12.2 Å². The molecule has 0 aliphatic heterocycles. The van der Waals surface area contributed by atoms with Crippen LogP contribution in [-0.4, -0.2) is 32.3 Å². The lowest BCUT2D eigenvalue weighted by Gasteiger charge is -2.13. The van der Waals surface area contributed by atoms with E-state index < -0.39 is 22.1 Å². The third-order valence-electron chi connectivity index (χ3n) is 3.70. The summed E-state index contributed by atoms with van der Waals surface area (Å²) in [5, 5.41) is 42.3. The fraction of sp³-hybridized carbons (Fsp3) is 0.250. The minimum atomic E-state index is -1.12. The maximum Gasteiger partial charge on any atom is 0.252 e. The first-order valence-electron chi connectivity index (χ1n) is 7.22. The van der Waals surface area contributed by atoms with Crippen LogP contribution in [0.3, 0.4) is 0 Å². The molecule has 2 unspecified atom stereocenters. The molecule has 0 fully saturated rings. The summed E-state index contributed by atoms with van der Waals surface area (Å²) in [5.41, 5.74) is -0.356. The van der Waals surface area contributed by atoms with Crippen molar-refractivity contribution in [1.29, 1.82) is 0 Å². The molecule has 24 heavy (non-hydrogen) atoms. The van der Waals surface area contributed by atoms with Gasteiger partial charge in [0.2, 0.25) is 0 Å². The van der Waals surface area contributed by atoms with Gasteiger partial charge in [-0.15, -0.1) is 0 Å². The minimum absolute atomic E-state index is 0.106. The molecule has 0 aromatic rings. The monoisotopic (exact) mass is 332 g/mol. The highest BCUT2D eigenvalue weighted by atomic mass is 16.6. The molecule has 0 radical (unpaired) electrons. The van der Waals surface area contributed by atoms with Gasteiger partial charge < -0.3 is 10.2 Å². The van der Waals surface area contributed by atoms with Gasteiger partial charge >= 0.3 is 0 Å². The fourth-order valence-electron chi connectivity index (χ4n) is 2.51. The van der Waals surface area contributed by atoms with Crippen LogP contribution in [0.15, 0.2) is 71.1 Å². The van der Waals surface area contributed by atoms with Crippen molar-refractivity contribution in [2.45, 2.75) is 25.0 Å². The molecule has 126 valence electrons. The summed E-state index contributed by atoms with van der Waals surface area (Å²) >= 11 is 0. The molecule has 2 aliphatic rings. The molecule has 0 amide bonds. The largest absolute Gasteiger partial charge is 0.384 e. The normalized spacial score (nSPS) is 26.4. The molecule has 0 aromatic heterocycles. The van der Waals surface area contributed by atoms with Gasteiger partial charge in [-0.1, -0.05) is 36.5 Å². The van der Waals surface area contributed by atoms with Crippen LogP contribution in [0.1, 0.15) is 12.8 Å². The van der Waals surface area contributed by atoms with E-state index in [0.29, 0.717) is 0 Å². The van der Waals surface area contributed by atoms with Gasteiger partial charge in [0, 0.05) is 12.8 Å². The highest BCUT2D eigenvalue weighted by Crippen LogP contribution is 2.26. The topological polar surface area (TPSA) is 127 Å². The molecular formula is C16H16N2O6. The molecule has 8 nitrogen and oxygen atoms in total. The van der Waals surface area contributed by atoms with Gasteiger partial charge in [0.1, 0.15) is 12.2 Å². The first-order valence-corrected chi connectivity index (χ1v) is 7.22. The van der Waals surface area contributed by atoms with E-state index in [1.807, 2.05) is 0 Å². The lowest BCUT2D eigenvalue weighted by Crippen LogP contribution is -2.17. The molecular weight excluding hydrogens is 316 g/mol. The Morgan fingerprint density at radius 3 is 1.50 bits per heavy atom. The number of nitro groups is 2. The third-order valence-corrected chi connectivity index (χ3v) is 3.70. The van der Waals surface area contributed by atoms with E-state index in [-0.39, 0.29) is 35.4 Å². The van der Waals surface area contributed by atoms with Gasteiger partial charge in [0.25, 0.3) is 11.4 Å². The van der Waals surface area contributed by atoms with E-state index in [1.54, 1.807) is 24.3 Å². The van der Waals surface area contributed by atoms with Crippen LogP contribution in [0.25, 0.3) is 0 Å². The molecule has 0 saturated heterocycles. The number of aliphatic hydroxyl groups excluding tert-OH is 2. The Balaban J connectivity index is 2.31. The maximum atomic E-state index is 11.3. The molecule has 0 bridgehead atoms. The molecule has 0 saturated carbocycles. The Morgan fingerprint density at radius 2 is 1.21 bits per heavy atom. The van der Waals surface area contributed by atoms with Gasteiger partial charge in [-0.2, -0.15) is 0 Å². The zero-order valence-corrected chi connectivity index (χ0v) is 12.6. The predicted octanol–water partition coefficient (Wildman–Crippen LogP) is 1.80. The van der Waals surface area contributed by atoms with Crippen molar-refractivity contribution in [3.8, 4) is 0 Å². The zero-order chi connectivity index (χ0) is 17.7. The number of nitrogens with zero attached hydrogens (tertiary/aromatic N) is 2. The average Bonchev–Trinajstić information content (AvgIpc) is 2.53. The Labute approximate surface area is 137 Å². The van der Waals surface area contributed by atoms with Crippen molar-refractivity contribution >= 4 is 0 Å². The minimum Gasteiger partial charge on any atom is -0.384 e. The van der Waals surface area contributed by atoms with E-state index >= 15 is 0 Å². The summed E-state index contributed by atoms with van der Waals surface area (Å²) in [6, 6.07) is 0. The number of rotatable bonds is 5. The van der Waals surface area contributed by atoms with E-state index in [0.717, 1.165) is 0 Å². The lowest BCUT2D eigenvalue weighted by molar-refractivity contribution is -0.438. The lowest BCUT2D eigenvalue weighted by atomic mass is 9.97. The second-order valence-corrected chi connectivity index (χ2v) is 5.20. The van der Waals surface area contributed by atoms with Gasteiger partial charge in [0.05, 0.1) is 21.0 Å². The number of allylic oxidation sites excluding steroid dienone is 6. The molecule has 2 rings (SSSR count). The first-order chi connectivity index (χ1) is 11.4. The van der Waals surface area contributed by atoms with Crippen molar-refractivity contribution in [3.05, 3.63) is 91.4 Å². The van der Waals surface area contributed by atoms with Crippen LogP contribution >= 0.6 is 0 Å².